The maximum atomic E-state index is 11.4. The molecule has 0 N–H and O–H groups in total. The van der Waals surface area contributed by atoms with E-state index in [1.165, 1.54) is 6.07 Å². The number of hydrogen-bond acceptors (Lipinski definition) is 6. The number of carbonyl (C=O) groups excluding carboxylic acids is 1. The van der Waals surface area contributed by atoms with Crippen LogP contribution in [0.5, 0.6) is 5.88 Å². The van der Waals surface area contributed by atoms with Gasteiger partial charge in [-0.2, -0.15) is 0 Å². The second-order valence-corrected chi connectivity index (χ2v) is 3.80. The van der Waals surface area contributed by atoms with Gasteiger partial charge in [-0.15, -0.1) is 0 Å². The molecule has 0 saturated heterocycles. The highest BCUT2D eigenvalue weighted by molar-refractivity contribution is 5.87. The van der Waals surface area contributed by atoms with Crippen molar-refractivity contribution in [2.24, 2.45) is 0 Å². The molecule has 6 nitrogen and oxygen atoms in total. The van der Waals surface area contributed by atoms with E-state index in [4.69, 9.17) is 14.0 Å². The van der Waals surface area contributed by atoms with Crippen molar-refractivity contribution in [2.45, 2.75) is 6.92 Å². The molecule has 0 radical (unpaired) electrons. The first-order valence-electron chi connectivity index (χ1n) is 6.05. The van der Waals surface area contributed by atoms with Gasteiger partial charge in [-0.1, -0.05) is 5.16 Å². The van der Waals surface area contributed by atoms with Crippen LogP contribution in [0.15, 0.2) is 28.9 Å². The van der Waals surface area contributed by atoms with Crippen molar-refractivity contribution in [3.8, 4) is 5.88 Å². The van der Waals surface area contributed by atoms with Crippen molar-refractivity contribution >= 4 is 18.1 Å². The molecule has 0 aliphatic rings. The first-order chi connectivity index (χ1) is 9.72. The molecule has 0 saturated carbocycles. The highest BCUT2D eigenvalue weighted by Crippen LogP contribution is 2.12. The molecular formula is C14H14N2O4. The van der Waals surface area contributed by atoms with Crippen molar-refractivity contribution in [3.63, 3.8) is 0 Å². The first-order valence-corrected chi connectivity index (χ1v) is 6.05. The van der Waals surface area contributed by atoms with Crippen LogP contribution in [0.1, 0.15) is 28.7 Å². The molecule has 0 aliphatic heterocycles. The van der Waals surface area contributed by atoms with Crippen molar-refractivity contribution in [2.75, 3.05) is 13.7 Å². The average Bonchev–Trinajstić information content (AvgIpc) is 2.95. The van der Waals surface area contributed by atoms with Gasteiger partial charge >= 0.3 is 5.97 Å². The standard InChI is InChI=1S/C14H14N2O4/c1-3-19-14(17)12-8-11(20-16-12)6-4-10-5-7-13(18-2)15-9-10/h4-9H,3H2,1-2H3/b6-4+. The molecule has 0 spiro atoms. The van der Waals surface area contributed by atoms with Gasteiger partial charge < -0.3 is 14.0 Å². The van der Waals surface area contributed by atoms with Gasteiger partial charge in [0.15, 0.2) is 11.5 Å². The largest absolute Gasteiger partial charge is 0.481 e. The number of methoxy groups -OCH3 is 1. The fourth-order valence-electron chi connectivity index (χ4n) is 1.46. The minimum absolute atomic E-state index is 0.152. The molecule has 0 aromatic carbocycles. The number of ether oxygens (including phenoxy) is 2. The molecule has 0 bridgehead atoms. The van der Waals surface area contributed by atoms with E-state index in [9.17, 15) is 4.79 Å². The van der Waals surface area contributed by atoms with Crippen LogP contribution in [-0.2, 0) is 4.74 Å². The Morgan fingerprint density at radius 1 is 1.40 bits per heavy atom. The molecular weight excluding hydrogens is 260 g/mol. The predicted molar refractivity (Wildman–Crippen MR) is 72.2 cm³/mol. The lowest BCUT2D eigenvalue weighted by atomic mass is 10.2. The average molecular weight is 274 g/mol. The Bertz CT molecular complexity index is 602. The second kappa shape index (κ2) is 6.51. The minimum Gasteiger partial charge on any atom is -0.481 e. The van der Waals surface area contributed by atoms with E-state index < -0.39 is 5.97 Å². The molecule has 0 fully saturated rings. The molecule has 0 aliphatic carbocycles. The Labute approximate surface area is 116 Å². The normalized spacial score (nSPS) is 10.7. The van der Waals surface area contributed by atoms with Crippen LogP contribution in [-0.4, -0.2) is 29.8 Å². The van der Waals surface area contributed by atoms with Crippen LogP contribution in [0.25, 0.3) is 12.2 Å². The van der Waals surface area contributed by atoms with E-state index >= 15 is 0 Å². The number of pyridine rings is 1. The Kier molecular flexibility index (Phi) is 4.49. The zero-order valence-electron chi connectivity index (χ0n) is 11.2. The lowest BCUT2D eigenvalue weighted by Crippen LogP contribution is -2.04. The summed E-state index contributed by atoms with van der Waals surface area (Å²) in [6, 6.07) is 5.13. The third-order valence-electron chi connectivity index (χ3n) is 2.42. The molecule has 2 heterocycles. The van der Waals surface area contributed by atoms with Crippen LogP contribution >= 0.6 is 0 Å². The Morgan fingerprint density at radius 2 is 2.25 bits per heavy atom. The van der Waals surface area contributed by atoms with Crippen LogP contribution < -0.4 is 4.74 Å². The van der Waals surface area contributed by atoms with E-state index in [-0.39, 0.29) is 5.69 Å². The summed E-state index contributed by atoms with van der Waals surface area (Å²) in [5, 5.41) is 3.64. The highest BCUT2D eigenvalue weighted by Gasteiger charge is 2.11. The van der Waals surface area contributed by atoms with Crippen molar-refractivity contribution in [1.29, 1.82) is 0 Å². The van der Waals surface area contributed by atoms with Gasteiger partial charge in [-0.3, -0.25) is 0 Å². The third kappa shape index (κ3) is 3.44. The summed E-state index contributed by atoms with van der Waals surface area (Å²) >= 11 is 0. The molecule has 104 valence electrons. The van der Waals surface area contributed by atoms with Crippen LogP contribution in [0, 0.1) is 0 Å². The van der Waals surface area contributed by atoms with Crippen molar-refractivity contribution in [3.05, 3.63) is 41.4 Å². The summed E-state index contributed by atoms with van der Waals surface area (Å²) in [5.41, 5.74) is 1.03. The topological polar surface area (TPSA) is 74.5 Å². The number of hydrogen-bond donors (Lipinski definition) is 0. The molecule has 2 aromatic rings. The molecule has 2 rings (SSSR count). The number of esters is 1. The van der Waals surface area contributed by atoms with Crippen LogP contribution in [0.3, 0.4) is 0 Å². The maximum absolute atomic E-state index is 11.4. The molecule has 6 heteroatoms. The van der Waals surface area contributed by atoms with Gasteiger partial charge in [-0.25, -0.2) is 9.78 Å². The smallest absolute Gasteiger partial charge is 0.360 e. The second-order valence-electron chi connectivity index (χ2n) is 3.80. The van der Waals surface area contributed by atoms with E-state index in [0.29, 0.717) is 18.2 Å². The lowest BCUT2D eigenvalue weighted by Gasteiger charge is -1.97. The molecule has 20 heavy (non-hydrogen) atoms. The quantitative estimate of drug-likeness (QED) is 0.779. The lowest BCUT2D eigenvalue weighted by molar-refractivity contribution is 0.0514. The first kappa shape index (κ1) is 13.8. The van der Waals surface area contributed by atoms with E-state index in [0.717, 1.165) is 5.56 Å². The van der Waals surface area contributed by atoms with Crippen molar-refractivity contribution in [1.82, 2.24) is 10.1 Å². The molecule has 2 aromatic heterocycles. The Hall–Kier alpha value is -2.63. The summed E-state index contributed by atoms with van der Waals surface area (Å²) in [7, 11) is 1.56. The monoisotopic (exact) mass is 274 g/mol. The van der Waals surface area contributed by atoms with Crippen LogP contribution in [0.2, 0.25) is 0 Å². The summed E-state index contributed by atoms with van der Waals surface area (Å²) < 4.78 is 14.8. The number of nitrogens with zero attached hydrogens (tertiary/aromatic N) is 2. The van der Waals surface area contributed by atoms with Gasteiger partial charge in [0.1, 0.15) is 0 Å². The number of carbonyl (C=O) groups is 1. The van der Waals surface area contributed by atoms with E-state index in [2.05, 4.69) is 10.1 Å². The third-order valence-corrected chi connectivity index (χ3v) is 2.42. The Morgan fingerprint density at radius 3 is 2.90 bits per heavy atom. The number of rotatable bonds is 5. The Balaban J connectivity index is 2.05. The maximum Gasteiger partial charge on any atom is 0.360 e. The van der Waals surface area contributed by atoms with Gasteiger partial charge in [0, 0.05) is 18.3 Å². The zero-order chi connectivity index (χ0) is 14.4. The minimum atomic E-state index is -0.498. The van der Waals surface area contributed by atoms with E-state index in [1.807, 2.05) is 6.07 Å². The molecule has 0 atom stereocenters. The molecule has 0 unspecified atom stereocenters. The van der Waals surface area contributed by atoms with Crippen LogP contribution in [0.4, 0.5) is 0 Å². The number of aromatic nitrogens is 2. The van der Waals surface area contributed by atoms with E-state index in [1.54, 1.807) is 38.4 Å². The van der Waals surface area contributed by atoms with Gasteiger partial charge in [0.05, 0.1) is 13.7 Å². The van der Waals surface area contributed by atoms with Gasteiger partial charge in [-0.05, 0) is 30.7 Å². The summed E-state index contributed by atoms with van der Waals surface area (Å²) in [4.78, 5) is 15.5. The molecule has 0 amide bonds. The van der Waals surface area contributed by atoms with Gasteiger partial charge in [0.2, 0.25) is 5.88 Å². The summed E-state index contributed by atoms with van der Waals surface area (Å²) in [5.74, 6) is 0.511. The highest BCUT2D eigenvalue weighted by atomic mass is 16.5. The SMILES string of the molecule is CCOC(=O)c1cc(/C=C/c2ccc(OC)nc2)on1. The zero-order valence-corrected chi connectivity index (χ0v) is 11.2. The fourth-order valence-corrected chi connectivity index (χ4v) is 1.46. The fraction of sp³-hybridized carbons (Fsp3) is 0.214. The van der Waals surface area contributed by atoms with Gasteiger partial charge in [0.25, 0.3) is 0 Å². The van der Waals surface area contributed by atoms with Crippen molar-refractivity contribution < 1.29 is 18.8 Å². The predicted octanol–water partition coefficient (Wildman–Crippen LogP) is 2.43. The summed E-state index contributed by atoms with van der Waals surface area (Å²) in [6.45, 7) is 2.03. The summed E-state index contributed by atoms with van der Waals surface area (Å²) in [6.07, 6.45) is 5.15.